The molecular formula is C19H23N2O3+. The second-order valence-corrected chi connectivity index (χ2v) is 5.96. The van der Waals surface area contributed by atoms with Crippen molar-refractivity contribution in [2.45, 2.75) is 32.9 Å². The van der Waals surface area contributed by atoms with E-state index >= 15 is 0 Å². The van der Waals surface area contributed by atoms with Gasteiger partial charge in [0.2, 0.25) is 6.79 Å². The van der Waals surface area contributed by atoms with Crippen LogP contribution in [0.4, 0.5) is 5.69 Å². The van der Waals surface area contributed by atoms with Gasteiger partial charge >= 0.3 is 0 Å². The normalized spacial score (nSPS) is 13.6. The van der Waals surface area contributed by atoms with Crippen LogP contribution in [-0.2, 0) is 17.8 Å². The van der Waals surface area contributed by atoms with Crippen molar-refractivity contribution in [3.8, 4) is 11.5 Å². The van der Waals surface area contributed by atoms with Gasteiger partial charge in [-0.2, -0.15) is 0 Å². The Hall–Kier alpha value is -2.53. The van der Waals surface area contributed by atoms with Crippen LogP contribution in [0, 0.1) is 0 Å². The van der Waals surface area contributed by atoms with Crippen molar-refractivity contribution in [3.63, 3.8) is 0 Å². The number of hydrogen-bond acceptors (Lipinski definition) is 3. The molecule has 0 saturated heterocycles. The number of ether oxygens (including phenoxy) is 2. The first-order valence-electron chi connectivity index (χ1n) is 8.27. The highest BCUT2D eigenvalue weighted by Gasteiger charge is 2.18. The lowest BCUT2D eigenvalue weighted by molar-refractivity contribution is -0.688. The number of quaternary nitrogens is 1. The van der Waals surface area contributed by atoms with Crippen molar-refractivity contribution in [2.24, 2.45) is 0 Å². The summed E-state index contributed by atoms with van der Waals surface area (Å²) in [5, 5.41) is 4.96. The second-order valence-electron chi connectivity index (χ2n) is 5.96. The number of fused-ring (bicyclic) bond motifs is 1. The minimum atomic E-state index is -0.179. The van der Waals surface area contributed by atoms with Crippen molar-refractivity contribution >= 4 is 11.6 Å². The van der Waals surface area contributed by atoms with E-state index in [1.165, 1.54) is 5.56 Å². The van der Waals surface area contributed by atoms with Crippen molar-refractivity contribution in [1.82, 2.24) is 0 Å². The third kappa shape index (κ3) is 3.86. The largest absolute Gasteiger partial charge is 0.454 e. The zero-order chi connectivity index (χ0) is 16.9. The summed E-state index contributed by atoms with van der Waals surface area (Å²) < 4.78 is 10.7. The van der Waals surface area contributed by atoms with E-state index in [4.69, 9.17) is 9.47 Å². The highest BCUT2D eigenvalue weighted by molar-refractivity contribution is 5.93. The molecule has 3 N–H and O–H groups in total. The smallest absolute Gasteiger partial charge is 0.282 e. The molecule has 1 heterocycles. The van der Waals surface area contributed by atoms with Crippen LogP contribution >= 0.6 is 0 Å². The summed E-state index contributed by atoms with van der Waals surface area (Å²) in [6, 6.07) is 13.7. The third-order valence-corrected chi connectivity index (χ3v) is 4.19. The van der Waals surface area contributed by atoms with E-state index in [1.54, 1.807) is 0 Å². The lowest BCUT2D eigenvalue weighted by Gasteiger charge is -2.12. The van der Waals surface area contributed by atoms with Crippen molar-refractivity contribution in [1.29, 1.82) is 0 Å². The van der Waals surface area contributed by atoms with Gasteiger partial charge in [0.1, 0.15) is 6.54 Å². The maximum absolute atomic E-state index is 12.3. The van der Waals surface area contributed by atoms with Crippen LogP contribution in [-0.4, -0.2) is 18.7 Å². The topological polar surface area (TPSA) is 64.2 Å². The average molecular weight is 327 g/mol. The minimum absolute atomic E-state index is 0.00000758. The van der Waals surface area contributed by atoms with Gasteiger partial charge in [-0.25, -0.2) is 0 Å². The molecule has 1 amide bonds. The fraction of sp³-hybridized carbons (Fsp3) is 0.316. The molecule has 0 bridgehead atoms. The number of nitrogens with one attached hydrogen (secondary N) is 1. The highest BCUT2D eigenvalue weighted by Crippen LogP contribution is 2.32. The molecule has 2 aromatic rings. The SMILES string of the molecule is CCc1ccc(NC(=O)[C@@H](C)[NH2+]Cc2ccc3c(c2)OCO3)cc1. The molecule has 126 valence electrons. The molecule has 0 radical (unpaired) electrons. The molecule has 5 heteroatoms. The number of rotatable bonds is 6. The predicted octanol–water partition coefficient (Wildman–Crippen LogP) is 2.07. The number of anilines is 1. The molecule has 5 nitrogen and oxygen atoms in total. The number of hydrogen-bond donors (Lipinski definition) is 2. The number of carbonyl (C=O) groups excluding carboxylic acids is 1. The number of aryl methyl sites for hydroxylation is 1. The van der Waals surface area contributed by atoms with E-state index in [9.17, 15) is 4.79 Å². The summed E-state index contributed by atoms with van der Waals surface area (Å²) in [4.78, 5) is 12.3. The van der Waals surface area contributed by atoms with Crippen molar-refractivity contribution < 1.29 is 19.6 Å². The van der Waals surface area contributed by atoms with Gasteiger partial charge in [-0.15, -0.1) is 0 Å². The van der Waals surface area contributed by atoms with E-state index in [0.717, 1.165) is 29.2 Å². The third-order valence-electron chi connectivity index (χ3n) is 4.19. The van der Waals surface area contributed by atoms with E-state index < -0.39 is 0 Å². The zero-order valence-corrected chi connectivity index (χ0v) is 14.0. The maximum atomic E-state index is 12.3. The van der Waals surface area contributed by atoms with Crippen LogP contribution in [0.1, 0.15) is 25.0 Å². The summed E-state index contributed by atoms with van der Waals surface area (Å²) >= 11 is 0. The molecule has 1 aliphatic rings. The summed E-state index contributed by atoms with van der Waals surface area (Å²) in [5.74, 6) is 1.55. The molecule has 1 aliphatic heterocycles. The lowest BCUT2D eigenvalue weighted by atomic mass is 10.1. The monoisotopic (exact) mass is 327 g/mol. The first-order valence-corrected chi connectivity index (χ1v) is 8.27. The lowest BCUT2D eigenvalue weighted by Crippen LogP contribution is -2.90. The van der Waals surface area contributed by atoms with Gasteiger partial charge in [0, 0.05) is 11.3 Å². The maximum Gasteiger partial charge on any atom is 0.282 e. The Morgan fingerprint density at radius 2 is 1.83 bits per heavy atom. The van der Waals surface area contributed by atoms with E-state index in [-0.39, 0.29) is 18.7 Å². The molecule has 2 aromatic carbocycles. The fourth-order valence-electron chi connectivity index (χ4n) is 2.57. The zero-order valence-electron chi connectivity index (χ0n) is 14.0. The van der Waals surface area contributed by atoms with Gasteiger partial charge in [0.25, 0.3) is 5.91 Å². The number of benzene rings is 2. The second kappa shape index (κ2) is 7.36. The number of nitrogens with two attached hydrogens (primary N) is 1. The Kier molecular flexibility index (Phi) is 5.01. The van der Waals surface area contributed by atoms with Crippen LogP contribution in [0.5, 0.6) is 11.5 Å². The summed E-state index contributed by atoms with van der Waals surface area (Å²) in [5.41, 5.74) is 3.20. The molecule has 0 fully saturated rings. The van der Waals surface area contributed by atoms with Crippen LogP contribution in [0.3, 0.4) is 0 Å². The Labute approximate surface area is 142 Å². The van der Waals surface area contributed by atoms with E-state index in [1.807, 2.05) is 54.7 Å². The predicted molar refractivity (Wildman–Crippen MR) is 92.1 cm³/mol. The molecule has 3 rings (SSSR count). The minimum Gasteiger partial charge on any atom is -0.454 e. The van der Waals surface area contributed by atoms with E-state index in [0.29, 0.717) is 6.54 Å². The molecular weight excluding hydrogens is 304 g/mol. The fourth-order valence-corrected chi connectivity index (χ4v) is 2.57. The van der Waals surface area contributed by atoms with Gasteiger partial charge in [-0.3, -0.25) is 4.79 Å². The van der Waals surface area contributed by atoms with Crippen molar-refractivity contribution in [2.75, 3.05) is 12.1 Å². The molecule has 0 aliphatic carbocycles. The van der Waals surface area contributed by atoms with Crippen LogP contribution in [0.2, 0.25) is 0 Å². The quantitative estimate of drug-likeness (QED) is 0.854. The van der Waals surface area contributed by atoms with Crippen molar-refractivity contribution in [3.05, 3.63) is 53.6 Å². The Morgan fingerprint density at radius 1 is 1.12 bits per heavy atom. The van der Waals surface area contributed by atoms with E-state index in [2.05, 4.69) is 12.2 Å². The highest BCUT2D eigenvalue weighted by atomic mass is 16.7. The molecule has 24 heavy (non-hydrogen) atoms. The van der Waals surface area contributed by atoms with Gasteiger partial charge in [-0.1, -0.05) is 19.1 Å². The van der Waals surface area contributed by atoms with Gasteiger partial charge in [0.15, 0.2) is 17.5 Å². The molecule has 0 unspecified atom stereocenters. The Bertz CT molecular complexity index is 713. The molecule has 0 aromatic heterocycles. The number of amides is 1. The average Bonchev–Trinajstić information content (AvgIpc) is 3.08. The van der Waals surface area contributed by atoms with Crippen LogP contribution < -0.4 is 20.1 Å². The standard InChI is InChI=1S/C19H22N2O3/c1-3-14-4-7-16(8-5-14)21-19(22)13(2)20-11-15-6-9-17-18(10-15)24-12-23-17/h4-10,13,20H,3,11-12H2,1-2H3,(H,21,22)/p+1/t13-/m1/s1. The van der Waals surface area contributed by atoms with Gasteiger partial charge in [-0.05, 0) is 49.2 Å². The molecule has 1 atom stereocenters. The van der Waals surface area contributed by atoms with Crippen LogP contribution in [0.25, 0.3) is 0 Å². The van der Waals surface area contributed by atoms with Gasteiger partial charge in [0.05, 0.1) is 0 Å². The number of carbonyl (C=O) groups is 1. The summed E-state index contributed by atoms with van der Waals surface area (Å²) in [6.45, 7) is 5.00. The Morgan fingerprint density at radius 3 is 2.58 bits per heavy atom. The first kappa shape index (κ1) is 16.3. The Balaban J connectivity index is 1.52. The molecule has 0 saturated carbocycles. The summed E-state index contributed by atoms with van der Waals surface area (Å²) in [6.07, 6.45) is 0.994. The molecule has 0 spiro atoms. The first-order chi connectivity index (χ1) is 11.7. The van der Waals surface area contributed by atoms with Gasteiger partial charge < -0.3 is 20.1 Å². The van der Waals surface area contributed by atoms with Crippen LogP contribution in [0.15, 0.2) is 42.5 Å². The summed E-state index contributed by atoms with van der Waals surface area (Å²) in [7, 11) is 0.